The minimum atomic E-state index is -1.01. The zero-order valence-corrected chi connectivity index (χ0v) is 12.3. The highest BCUT2D eigenvalue weighted by Crippen LogP contribution is 2.32. The number of carbonyl (C=O) groups is 2. The molecule has 0 aliphatic rings. The quantitative estimate of drug-likeness (QED) is 0.644. The number of aromatic nitrogens is 3. The van der Waals surface area contributed by atoms with E-state index in [9.17, 15) is 14.7 Å². The average Bonchev–Trinajstić information content (AvgIpc) is 3.12. The molecule has 2 aromatic heterocycles. The van der Waals surface area contributed by atoms with Crippen molar-refractivity contribution in [2.75, 3.05) is 0 Å². The molecular weight excluding hydrogens is 306 g/mol. The standard InChI is InChI=1S/C15H12ClN3O3/c1-7(15(21)22)11-9-3-2-8(16)6-10(9)19-12(11)13(20)14-17-4-5-18-14/h2-7,19H,1H3,(H,17,18)(H,21,22). The molecular formula is C15H12ClN3O3. The number of carbonyl (C=O) groups excluding carboxylic acids is 1. The minimum Gasteiger partial charge on any atom is -0.481 e. The molecule has 1 atom stereocenters. The lowest BCUT2D eigenvalue weighted by atomic mass is 9.96. The molecule has 0 aliphatic carbocycles. The first-order valence-corrected chi connectivity index (χ1v) is 6.95. The van der Waals surface area contributed by atoms with Crippen LogP contribution in [0.15, 0.2) is 30.6 Å². The Morgan fingerprint density at radius 3 is 2.77 bits per heavy atom. The van der Waals surface area contributed by atoms with Crippen molar-refractivity contribution >= 4 is 34.3 Å². The number of nitrogens with zero attached hydrogens (tertiary/aromatic N) is 1. The number of aliphatic carboxylic acids is 1. The Morgan fingerprint density at radius 1 is 1.36 bits per heavy atom. The van der Waals surface area contributed by atoms with Crippen LogP contribution in [0.25, 0.3) is 10.9 Å². The van der Waals surface area contributed by atoms with E-state index in [2.05, 4.69) is 15.0 Å². The first kappa shape index (κ1) is 14.3. The molecule has 0 bridgehead atoms. The Labute approximate surface area is 130 Å². The molecule has 0 spiro atoms. The molecule has 2 heterocycles. The van der Waals surface area contributed by atoms with Gasteiger partial charge in [-0.05, 0) is 19.1 Å². The molecule has 1 aromatic carbocycles. The molecule has 0 saturated carbocycles. The highest BCUT2D eigenvalue weighted by Gasteiger charge is 2.27. The molecule has 0 amide bonds. The van der Waals surface area contributed by atoms with Crippen LogP contribution in [0.5, 0.6) is 0 Å². The number of rotatable bonds is 4. The second-order valence-electron chi connectivity index (χ2n) is 4.93. The summed E-state index contributed by atoms with van der Waals surface area (Å²) in [4.78, 5) is 33.6. The molecule has 22 heavy (non-hydrogen) atoms. The lowest BCUT2D eigenvalue weighted by Gasteiger charge is -2.07. The molecule has 7 heteroatoms. The first-order chi connectivity index (χ1) is 10.5. The van der Waals surface area contributed by atoms with E-state index in [1.54, 1.807) is 25.1 Å². The zero-order chi connectivity index (χ0) is 15.9. The second-order valence-corrected chi connectivity index (χ2v) is 5.37. The predicted molar refractivity (Wildman–Crippen MR) is 81.4 cm³/mol. The number of hydrogen-bond acceptors (Lipinski definition) is 3. The lowest BCUT2D eigenvalue weighted by molar-refractivity contribution is -0.138. The average molecular weight is 318 g/mol. The molecule has 0 radical (unpaired) electrons. The monoisotopic (exact) mass is 317 g/mol. The summed E-state index contributed by atoms with van der Waals surface area (Å²) in [5.41, 5.74) is 1.26. The fraction of sp³-hybridized carbons (Fsp3) is 0.133. The highest BCUT2D eigenvalue weighted by atomic mass is 35.5. The molecule has 0 aliphatic heterocycles. The SMILES string of the molecule is CC(C(=O)O)c1c(C(=O)c2ncc[nH]2)[nH]c2cc(Cl)ccc12. The number of imidazole rings is 1. The van der Waals surface area contributed by atoms with E-state index in [0.29, 0.717) is 21.5 Å². The van der Waals surface area contributed by atoms with Gasteiger partial charge in [0, 0.05) is 33.9 Å². The van der Waals surface area contributed by atoms with E-state index >= 15 is 0 Å². The molecule has 1 unspecified atom stereocenters. The predicted octanol–water partition coefficient (Wildman–Crippen LogP) is 2.96. The Kier molecular flexibility index (Phi) is 3.46. The number of aromatic amines is 2. The third-order valence-electron chi connectivity index (χ3n) is 3.54. The van der Waals surface area contributed by atoms with Gasteiger partial charge in [0.25, 0.3) is 0 Å². The minimum absolute atomic E-state index is 0.150. The summed E-state index contributed by atoms with van der Waals surface area (Å²) in [6.45, 7) is 1.54. The van der Waals surface area contributed by atoms with E-state index in [4.69, 9.17) is 11.6 Å². The van der Waals surface area contributed by atoms with Gasteiger partial charge in [-0.2, -0.15) is 0 Å². The van der Waals surface area contributed by atoms with Crippen molar-refractivity contribution in [2.24, 2.45) is 0 Å². The molecule has 112 valence electrons. The number of halogens is 1. The smallest absolute Gasteiger partial charge is 0.310 e. The van der Waals surface area contributed by atoms with E-state index in [1.807, 2.05) is 0 Å². The van der Waals surface area contributed by atoms with E-state index in [1.165, 1.54) is 12.4 Å². The summed E-state index contributed by atoms with van der Waals surface area (Å²) in [7, 11) is 0. The second kappa shape index (κ2) is 5.31. The van der Waals surface area contributed by atoms with Crippen LogP contribution < -0.4 is 0 Å². The molecule has 6 nitrogen and oxygen atoms in total. The van der Waals surface area contributed by atoms with E-state index in [0.717, 1.165) is 0 Å². The van der Waals surface area contributed by atoms with Crippen LogP contribution in [-0.4, -0.2) is 31.8 Å². The van der Waals surface area contributed by atoms with Crippen LogP contribution in [0.4, 0.5) is 0 Å². The van der Waals surface area contributed by atoms with Crippen LogP contribution >= 0.6 is 11.6 Å². The fourth-order valence-corrected chi connectivity index (χ4v) is 2.62. The summed E-state index contributed by atoms with van der Waals surface area (Å²) < 4.78 is 0. The van der Waals surface area contributed by atoms with Gasteiger partial charge < -0.3 is 15.1 Å². The van der Waals surface area contributed by atoms with Gasteiger partial charge >= 0.3 is 5.97 Å². The highest BCUT2D eigenvalue weighted by molar-refractivity contribution is 6.31. The van der Waals surface area contributed by atoms with Crippen LogP contribution in [0.3, 0.4) is 0 Å². The van der Waals surface area contributed by atoms with Gasteiger partial charge in [-0.25, -0.2) is 4.98 Å². The van der Waals surface area contributed by atoms with Gasteiger partial charge in [0.15, 0.2) is 5.82 Å². The van der Waals surface area contributed by atoms with E-state index in [-0.39, 0.29) is 17.3 Å². The zero-order valence-electron chi connectivity index (χ0n) is 11.6. The lowest BCUT2D eigenvalue weighted by Crippen LogP contribution is -2.13. The third-order valence-corrected chi connectivity index (χ3v) is 3.78. The Hall–Kier alpha value is -2.60. The van der Waals surface area contributed by atoms with Crippen molar-refractivity contribution in [2.45, 2.75) is 12.8 Å². The number of carboxylic acids is 1. The summed E-state index contributed by atoms with van der Waals surface area (Å²) >= 11 is 5.96. The van der Waals surface area contributed by atoms with Crippen molar-refractivity contribution in [3.05, 3.63) is 52.7 Å². The maximum Gasteiger partial charge on any atom is 0.310 e. The normalized spacial score (nSPS) is 12.5. The number of hydrogen-bond donors (Lipinski definition) is 3. The van der Waals surface area contributed by atoms with E-state index < -0.39 is 11.9 Å². The molecule has 0 saturated heterocycles. The van der Waals surface area contributed by atoms with Crippen LogP contribution in [0.2, 0.25) is 5.02 Å². The van der Waals surface area contributed by atoms with Crippen LogP contribution in [0.1, 0.15) is 34.7 Å². The number of benzene rings is 1. The number of nitrogens with one attached hydrogen (secondary N) is 2. The molecule has 3 aromatic rings. The van der Waals surface area contributed by atoms with Gasteiger partial charge in [-0.1, -0.05) is 17.7 Å². The van der Waals surface area contributed by atoms with Crippen molar-refractivity contribution in [3.63, 3.8) is 0 Å². The molecule has 0 fully saturated rings. The Balaban J connectivity index is 2.26. The number of fused-ring (bicyclic) bond motifs is 1. The van der Waals surface area contributed by atoms with Crippen molar-refractivity contribution < 1.29 is 14.7 Å². The largest absolute Gasteiger partial charge is 0.481 e. The maximum absolute atomic E-state index is 12.6. The Bertz CT molecular complexity index is 868. The molecule has 3 N–H and O–H groups in total. The first-order valence-electron chi connectivity index (χ1n) is 6.57. The summed E-state index contributed by atoms with van der Waals surface area (Å²) in [6, 6.07) is 5.03. The van der Waals surface area contributed by atoms with Crippen LogP contribution in [0, 0.1) is 0 Å². The van der Waals surface area contributed by atoms with Gasteiger partial charge in [-0.3, -0.25) is 9.59 Å². The van der Waals surface area contributed by atoms with Crippen molar-refractivity contribution in [1.29, 1.82) is 0 Å². The molecule has 3 rings (SSSR count). The number of carboxylic acid groups (broad SMARTS) is 1. The van der Waals surface area contributed by atoms with Crippen molar-refractivity contribution in [1.82, 2.24) is 15.0 Å². The topological polar surface area (TPSA) is 98.8 Å². The van der Waals surface area contributed by atoms with Gasteiger partial charge in [-0.15, -0.1) is 0 Å². The van der Waals surface area contributed by atoms with Crippen LogP contribution in [-0.2, 0) is 4.79 Å². The van der Waals surface area contributed by atoms with Gasteiger partial charge in [0.2, 0.25) is 5.78 Å². The third kappa shape index (κ3) is 2.27. The fourth-order valence-electron chi connectivity index (χ4n) is 2.45. The summed E-state index contributed by atoms with van der Waals surface area (Å²) in [5.74, 6) is -2.09. The Morgan fingerprint density at radius 2 is 2.14 bits per heavy atom. The van der Waals surface area contributed by atoms with Gasteiger partial charge in [0.05, 0.1) is 11.6 Å². The van der Waals surface area contributed by atoms with Gasteiger partial charge in [0.1, 0.15) is 0 Å². The number of ketones is 1. The number of H-pyrrole nitrogens is 2. The summed E-state index contributed by atoms with van der Waals surface area (Å²) in [5, 5.41) is 10.5. The maximum atomic E-state index is 12.6. The summed E-state index contributed by atoms with van der Waals surface area (Å²) in [6.07, 6.45) is 3.00. The van der Waals surface area contributed by atoms with Crippen molar-refractivity contribution in [3.8, 4) is 0 Å².